The minimum absolute atomic E-state index is 0.708. The molecule has 19 heavy (non-hydrogen) atoms. The van der Waals surface area contributed by atoms with E-state index < -0.39 is 0 Å². The van der Waals surface area contributed by atoms with Gasteiger partial charge in [0.05, 0.1) is 6.20 Å². The van der Waals surface area contributed by atoms with E-state index in [1.54, 1.807) is 0 Å². The van der Waals surface area contributed by atoms with Crippen molar-refractivity contribution in [1.82, 2.24) is 14.4 Å². The Hall–Kier alpha value is -1.78. The maximum Gasteiger partial charge on any atom is 0.180 e. The third-order valence-electron chi connectivity index (χ3n) is 4.00. The standard InChI is InChI=1S/C14H21N5/c1-4-15-12-9-18-6-5-16-13(18)14(17-12)19-7-10(2)11(3)8-19/h5-6,9-11,15H,4,7-8H2,1-3H3. The molecule has 0 saturated carbocycles. The van der Waals surface area contributed by atoms with Gasteiger partial charge in [-0.15, -0.1) is 0 Å². The largest absolute Gasteiger partial charge is 0.369 e. The van der Waals surface area contributed by atoms with Gasteiger partial charge >= 0.3 is 0 Å². The quantitative estimate of drug-likeness (QED) is 0.918. The summed E-state index contributed by atoms with van der Waals surface area (Å²) in [5, 5.41) is 3.29. The second-order valence-corrected chi connectivity index (χ2v) is 5.50. The first kappa shape index (κ1) is 12.3. The van der Waals surface area contributed by atoms with Crippen LogP contribution in [0.25, 0.3) is 5.65 Å². The van der Waals surface area contributed by atoms with Crippen LogP contribution in [0.5, 0.6) is 0 Å². The van der Waals surface area contributed by atoms with Crippen LogP contribution in [0.1, 0.15) is 20.8 Å². The van der Waals surface area contributed by atoms with Gasteiger partial charge in [-0.2, -0.15) is 0 Å². The summed E-state index contributed by atoms with van der Waals surface area (Å²) in [6.07, 6.45) is 5.81. The van der Waals surface area contributed by atoms with Crippen LogP contribution >= 0.6 is 0 Å². The molecule has 0 aromatic carbocycles. The van der Waals surface area contributed by atoms with Gasteiger partial charge in [0.1, 0.15) is 5.82 Å². The van der Waals surface area contributed by atoms with Gasteiger partial charge in [-0.25, -0.2) is 9.97 Å². The third-order valence-corrected chi connectivity index (χ3v) is 4.00. The number of fused-ring (bicyclic) bond motifs is 1. The number of imidazole rings is 1. The lowest BCUT2D eigenvalue weighted by molar-refractivity contribution is 0.494. The Bertz CT molecular complexity index is 566. The van der Waals surface area contributed by atoms with E-state index in [0.717, 1.165) is 36.9 Å². The van der Waals surface area contributed by atoms with E-state index in [1.165, 1.54) is 0 Å². The van der Waals surface area contributed by atoms with Gasteiger partial charge < -0.3 is 14.6 Å². The van der Waals surface area contributed by atoms with Gasteiger partial charge in [0.15, 0.2) is 11.5 Å². The first-order chi connectivity index (χ1) is 9.19. The fraction of sp³-hybridized carbons (Fsp3) is 0.571. The van der Waals surface area contributed by atoms with Crippen LogP contribution < -0.4 is 10.2 Å². The molecule has 1 aliphatic heterocycles. The lowest BCUT2D eigenvalue weighted by atomic mass is 10.0. The average Bonchev–Trinajstić information content (AvgIpc) is 2.96. The second kappa shape index (κ2) is 4.72. The first-order valence-corrected chi connectivity index (χ1v) is 7.01. The molecule has 2 atom stereocenters. The molecule has 2 unspecified atom stereocenters. The van der Waals surface area contributed by atoms with Crippen molar-refractivity contribution in [3.63, 3.8) is 0 Å². The molecule has 3 rings (SSSR count). The SMILES string of the molecule is CCNc1cn2ccnc2c(N2CC(C)C(C)C2)n1. The molecule has 2 aromatic heterocycles. The minimum atomic E-state index is 0.708. The topological polar surface area (TPSA) is 45.5 Å². The molecule has 0 amide bonds. The minimum Gasteiger partial charge on any atom is -0.369 e. The highest BCUT2D eigenvalue weighted by Gasteiger charge is 2.28. The Balaban J connectivity index is 2.03. The second-order valence-electron chi connectivity index (χ2n) is 5.50. The van der Waals surface area contributed by atoms with E-state index in [0.29, 0.717) is 11.8 Å². The van der Waals surface area contributed by atoms with Crippen LogP contribution in [0.15, 0.2) is 18.6 Å². The molecule has 0 bridgehead atoms. The Morgan fingerprint density at radius 2 is 2.05 bits per heavy atom. The molecule has 0 aliphatic carbocycles. The third kappa shape index (κ3) is 2.13. The van der Waals surface area contributed by atoms with Crippen LogP contribution in [0, 0.1) is 11.8 Å². The molecule has 1 fully saturated rings. The van der Waals surface area contributed by atoms with Crippen molar-refractivity contribution in [3.05, 3.63) is 18.6 Å². The van der Waals surface area contributed by atoms with Gasteiger partial charge in [-0.3, -0.25) is 0 Å². The molecule has 0 radical (unpaired) electrons. The number of nitrogens with one attached hydrogen (secondary N) is 1. The highest BCUT2D eigenvalue weighted by atomic mass is 15.3. The van der Waals surface area contributed by atoms with E-state index in [2.05, 4.69) is 36.0 Å². The molecule has 5 heteroatoms. The van der Waals surface area contributed by atoms with E-state index in [1.807, 2.05) is 23.0 Å². The van der Waals surface area contributed by atoms with Crippen molar-refractivity contribution in [3.8, 4) is 0 Å². The van der Waals surface area contributed by atoms with E-state index >= 15 is 0 Å². The summed E-state index contributed by atoms with van der Waals surface area (Å²) in [7, 11) is 0. The van der Waals surface area contributed by atoms with Crippen LogP contribution in [0.3, 0.4) is 0 Å². The highest BCUT2D eigenvalue weighted by molar-refractivity contribution is 5.67. The molecule has 0 spiro atoms. The first-order valence-electron chi connectivity index (χ1n) is 7.01. The highest BCUT2D eigenvalue weighted by Crippen LogP contribution is 2.29. The van der Waals surface area contributed by atoms with E-state index in [-0.39, 0.29) is 0 Å². The Morgan fingerprint density at radius 1 is 1.32 bits per heavy atom. The summed E-state index contributed by atoms with van der Waals surface area (Å²) >= 11 is 0. The monoisotopic (exact) mass is 259 g/mol. The van der Waals surface area contributed by atoms with Crippen LogP contribution in [-0.4, -0.2) is 34.0 Å². The van der Waals surface area contributed by atoms with Crippen molar-refractivity contribution in [2.75, 3.05) is 29.9 Å². The van der Waals surface area contributed by atoms with Crippen molar-refractivity contribution < 1.29 is 0 Å². The van der Waals surface area contributed by atoms with Crippen molar-refractivity contribution in [2.45, 2.75) is 20.8 Å². The Kier molecular flexibility index (Phi) is 3.05. The van der Waals surface area contributed by atoms with Gasteiger partial charge in [-0.05, 0) is 18.8 Å². The molecule has 1 N–H and O–H groups in total. The zero-order valence-electron chi connectivity index (χ0n) is 11.8. The van der Waals surface area contributed by atoms with E-state index in [4.69, 9.17) is 4.98 Å². The summed E-state index contributed by atoms with van der Waals surface area (Å²) in [5.74, 6) is 3.33. The van der Waals surface area contributed by atoms with Gasteiger partial charge in [0.25, 0.3) is 0 Å². The zero-order valence-corrected chi connectivity index (χ0v) is 11.8. The number of anilines is 2. The lowest BCUT2D eigenvalue weighted by Gasteiger charge is -2.19. The Morgan fingerprint density at radius 3 is 2.74 bits per heavy atom. The zero-order chi connectivity index (χ0) is 13.4. The predicted octanol–water partition coefficient (Wildman–Crippen LogP) is 2.25. The summed E-state index contributed by atoms with van der Waals surface area (Å²) < 4.78 is 2.05. The predicted molar refractivity (Wildman–Crippen MR) is 77.7 cm³/mol. The fourth-order valence-corrected chi connectivity index (χ4v) is 2.70. The fourth-order valence-electron chi connectivity index (χ4n) is 2.70. The Labute approximate surface area is 113 Å². The molecule has 5 nitrogen and oxygen atoms in total. The number of hydrogen-bond acceptors (Lipinski definition) is 4. The summed E-state index contributed by atoms with van der Waals surface area (Å²) in [6.45, 7) is 9.70. The van der Waals surface area contributed by atoms with Gasteiger partial charge in [0, 0.05) is 32.0 Å². The number of hydrogen-bond donors (Lipinski definition) is 1. The summed E-state index contributed by atoms with van der Waals surface area (Å²) in [6, 6.07) is 0. The molecule has 3 heterocycles. The molecular formula is C14H21N5. The molecule has 2 aromatic rings. The maximum atomic E-state index is 4.75. The van der Waals surface area contributed by atoms with Crippen LogP contribution in [0.2, 0.25) is 0 Å². The van der Waals surface area contributed by atoms with Gasteiger partial charge in [-0.1, -0.05) is 13.8 Å². The normalized spacial score (nSPS) is 23.2. The molecular weight excluding hydrogens is 238 g/mol. The number of rotatable bonds is 3. The molecule has 102 valence electrons. The van der Waals surface area contributed by atoms with Crippen LogP contribution in [-0.2, 0) is 0 Å². The summed E-state index contributed by atoms with van der Waals surface area (Å²) in [5.41, 5.74) is 0.947. The smallest absolute Gasteiger partial charge is 0.180 e. The van der Waals surface area contributed by atoms with Crippen LogP contribution in [0.4, 0.5) is 11.6 Å². The van der Waals surface area contributed by atoms with E-state index in [9.17, 15) is 0 Å². The molecule has 1 aliphatic rings. The average molecular weight is 259 g/mol. The summed E-state index contributed by atoms with van der Waals surface area (Å²) in [4.78, 5) is 11.6. The lowest BCUT2D eigenvalue weighted by Crippen LogP contribution is -2.22. The maximum absolute atomic E-state index is 4.75. The van der Waals surface area contributed by atoms with Crippen molar-refractivity contribution in [1.29, 1.82) is 0 Å². The van der Waals surface area contributed by atoms with Gasteiger partial charge in [0.2, 0.25) is 0 Å². The van der Waals surface area contributed by atoms with Crippen molar-refractivity contribution in [2.24, 2.45) is 11.8 Å². The number of nitrogens with zero attached hydrogens (tertiary/aromatic N) is 4. The molecule has 1 saturated heterocycles. The number of aromatic nitrogens is 3. The van der Waals surface area contributed by atoms with Crippen molar-refractivity contribution >= 4 is 17.3 Å².